The molecule has 0 spiro atoms. The Bertz CT molecular complexity index is 1320. The van der Waals surface area contributed by atoms with Crippen LogP contribution in [0.15, 0.2) is 84.0 Å². The Hall–Kier alpha value is -3.62. The molecule has 0 radical (unpaired) electrons. The molecule has 2 heterocycles. The van der Waals surface area contributed by atoms with Crippen molar-refractivity contribution >= 4 is 29.3 Å². The van der Waals surface area contributed by atoms with Crippen LogP contribution in [0.5, 0.6) is 0 Å². The van der Waals surface area contributed by atoms with Gasteiger partial charge in [0.15, 0.2) is 5.16 Å². The molecule has 36 heavy (non-hydrogen) atoms. The predicted octanol–water partition coefficient (Wildman–Crippen LogP) is 4.73. The van der Waals surface area contributed by atoms with Crippen molar-refractivity contribution in [1.82, 2.24) is 14.8 Å². The van der Waals surface area contributed by atoms with E-state index in [2.05, 4.69) is 62.2 Å². The number of carbonyl (C=O) groups is 1. The fraction of sp³-hybridized carbons (Fsp3) is 0.250. The maximum absolute atomic E-state index is 13.0. The predicted molar refractivity (Wildman–Crippen MR) is 144 cm³/mol. The van der Waals surface area contributed by atoms with Gasteiger partial charge in [-0.05, 0) is 42.2 Å². The minimum absolute atomic E-state index is 0.0761. The highest BCUT2D eigenvalue weighted by Gasteiger charge is 2.23. The largest absolute Gasteiger partial charge is 0.378 e. The van der Waals surface area contributed by atoms with Crippen LogP contribution in [-0.4, -0.2) is 52.7 Å². The summed E-state index contributed by atoms with van der Waals surface area (Å²) in [5.41, 5.74) is 5.25. The van der Waals surface area contributed by atoms with Crippen LogP contribution >= 0.6 is 11.8 Å². The number of amides is 1. The summed E-state index contributed by atoms with van der Waals surface area (Å²) in [7, 11) is 0. The number of nitrogens with one attached hydrogen (secondary N) is 1. The SMILES string of the molecule is Cc1ccccc1-n1c(SCC(=O)Nc2ccccc2Cc2ccccc2)nnc1N1CCOCC1. The fourth-order valence-corrected chi connectivity index (χ4v) is 5.02. The molecule has 8 heteroatoms. The first-order valence-corrected chi connectivity index (χ1v) is 13.1. The number of thioether (sulfide) groups is 1. The Morgan fingerprint density at radius 3 is 2.47 bits per heavy atom. The van der Waals surface area contributed by atoms with Crippen LogP contribution in [0.2, 0.25) is 0 Å². The highest BCUT2D eigenvalue weighted by Crippen LogP contribution is 2.29. The molecule has 0 unspecified atom stereocenters. The molecule has 1 amide bonds. The number of para-hydroxylation sites is 2. The van der Waals surface area contributed by atoms with Gasteiger partial charge >= 0.3 is 0 Å². The van der Waals surface area contributed by atoms with E-state index in [-0.39, 0.29) is 11.7 Å². The third kappa shape index (κ3) is 5.61. The molecule has 1 aliphatic rings. The van der Waals surface area contributed by atoms with Gasteiger partial charge in [0.1, 0.15) is 0 Å². The van der Waals surface area contributed by atoms with Crippen molar-refractivity contribution in [2.24, 2.45) is 0 Å². The van der Waals surface area contributed by atoms with Crippen LogP contribution in [0, 0.1) is 6.92 Å². The van der Waals surface area contributed by atoms with Crippen molar-refractivity contribution in [3.8, 4) is 5.69 Å². The number of ether oxygens (including phenoxy) is 1. The molecule has 0 aliphatic carbocycles. The third-order valence-corrected chi connectivity index (χ3v) is 7.06. The highest BCUT2D eigenvalue weighted by atomic mass is 32.2. The number of benzene rings is 3. The summed E-state index contributed by atoms with van der Waals surface area (Å²) in [6, 6.07) is 26.4. The van der Waals surface area contributed by atoms with Gasteiger partial charge in [0.25, 0.3) is 0 Å². The summed E-state index contributed by atoms with van der Waals surface area (Å²) in [6.07, 6.45) is 0.759. The lowest BCUT2D eigenvalue weighted by atomic mass is 10.0. The fourth-order valence-electron chi connectivity index (χ4n) is 4.28. The first kappa shape index (κ1) is 24.1. The second-order valence-electron chi connectivity index (χ2n) is 8.66. The summed E-state index contributed by atoms with van der Waals surface area (Å²) in [6.45, 7) is 4.91. The lowest BCUT2D eigenvalue weighted by Gasteiger charge is -2.28. The van der Waals surface area contributed by atoms with Crippen molar-refractivity contribution in [3.05, 3.63) is 95.6 Å². The summed E-state index contributed by atoms with van der Waals surface area (Å²) in [4.78, 5) is 15.2. The van der Waals surface area contributed by atoms with Gasteiger partial charge in [0.2, 0.25) is 11.9 Å². The number of rotatable bonds is 8. The van der Waals surface area contributed by atoms with E-state index in [1.165, 1.54) is 17.3 Å². The highest BCUT2D eigenvalue weighted by molar-refractivity contribution is 7.99. The molecule has 4 aromatic rings. The second-order valence-corrected chi connectivity index (χ2v) is 9.60. The molecular formula is C28H29N5O2S. The van der Waals surface area contributed by atoms with Crippen molar-refractivity contribution in [1.29, 1.82) is 0 Å². The maximum Gasteiger partial charge on any atom is 0.234 e. The third-order valence-electron chi connectivity index (χ3n) is 6.13. The zero-order chi connectivity index (χ0) is 24.7. The van der Waals surface area contributed by atoms with E-state index in [1.807, 2.05) is 48.5 Å². The number of anilines is 2. The summed E-state index contributed by atoms with van der Waals surface area (Å²) < 4.78 is 7.58. The Labute approximate surface area is 215 Å². The van der Waals surface area contributed by atoms with Crippen molar-refractivity contribution in [2.45, 2.75) is 18.5 Å². The van der Waals surface area contributed by atoms with Gasteiger partial charge in [-0.3, -0.25) is 9.36 Å². The maximum atomic E-state index is 13.0. The Kier molecular flexibility index (Phi) is 7.64. The Morgan fingerprint density at radius 2 is 1.67 bits per heavy atom. The number of aromatic nitrogens is 3. The van der Waals surface area contributed by atoms with Gasteiger partial charge in [-0.2, -0.15) is 0 Å². The van der Waals surface area contributed by atoms with Gasteiger partial charge in [-0.1, -0.05) is 78.5 Å². The van der Waals surface area contributed by atoms with Crippen LogP contribution in [0.3, 0.4) is 0 Å². The first-order chi connectivity index (χ1) is 17.7. The molecule has 0 bridgehead atoms. The summed E-state index contributed by atoms with van der Waals surface area (Å²) in [5, 5.41) is 12.8. The zero-order valence-electron chi connectivity index (χ0n) is 20.3. The Morgan fingerprint density at radius 1 is 0.944 bits per heavy atom. The molecule has 3 aromatic carbocycles. The smallest absolute Gasteiger partial charge is 0.234 e. The first-order valence-electron chi connectivity index (χ1n) is 12.1. The minimum Gasteiger partial charge on any atom is -0.378 e. The van der Waals surface area contributed by atoms with Crippen LogP contribution in [0.25, 0.3) is 5.69 Å². The molecule has 0 atom stereocenters. The molecule has 1 fully saturated rings. The Balaban J connectivity index is 1.33. The molecular weight excluding hydrogens is 470 g/mol. The second kappa shape index (κ2) is 11.4. The van der Waals surface area contributed by atoms with Crippen LogP contribution in [-0.2, 0) is 16.0 Å². The molecule has 1 aliphatic heterocycles. The average Bonchev–Trinajstić information content (AvgIpc) is 3.34. The van der Waals surface area contributed by atoms with Crippen LogP contribution < -0.4 is 10.2 Å². The molecule has 1 N–H and O–H groups in total. The van der Waals surface area contributed by atoms with Gasteiger partial charge in [0.05, 0.1) is 24.7 Å². The molecule has 184 valence electrons. The zero-order valence-corrected chi connectivity index (χ0v) is 21.1. The molecule has 1 aromatic heterocycles. The van der Waals surface area contributed by atoms with E-state index in [0.717, 1.165) is 48.0 Å². The molecule has 5 rings (SSSR count). The molecule has 0 saturated carbocycles. The van der Waals surface area contributed by atoms with Gasteiger partial charge < -0.3 is 15.0 Å². The van der Waals surface area contributed by atoms with E-state index >= 15 is 0 Å². The van der Waals surface area contributed by atoms with E-state index in [4.69, 9.17) is 4.74 Å². The van der Waals surface area contributed by atoms with Crippen LogP contribution in [0.4, 0.5) is 11.6 Å². The van der Waals surface area contributed by atoms with E-state index < -0.39 is 0 Å². The average molecular weight is 500 g/mol. The van der Waals surface area contributed by atoms with Crippen LogP contribution in [0.1, 0.15) is 16.7 Å². The lowest BCUT2D eigenvalue weighted by molar-refractivity contribution is -0.113. The van der Waals surface area contributed by atoms with Gasteiger partial charge in [-0.25, -0.2) is 0 Å². The number of nitrogens with zero attached hydrogens (tertiary/aromatic N) is 4. The van der Waals surface area contributed by atoms with Gasteiger partial charge in [-0.15, -0.1) is 10.2 Å². The van der Waals surface area contributed by atoms with E-state index in [9.17, 15) is 4.79 Å². The van der Waals surface area contributed by atoms with E-state index in [0.29, 0.717) is 18.4 Å². The number of hydrogen-bond donors (Lipinski definition) is 1. The lowest BCUT2D eigenvalue weighted by Crippen LogP contribution is -2.38. The van der Waals surface area contributed by atoms with Crippen molar-refractivity contribution in [3.63, 3.8) is 0 Å². The standard InChI is InChI=1S/C28H29N5O2S/c1-21-9-5-8-14-25(21)33-27(32-15-17-35-18-16-32)30-31-28(33)36-20-26(34)29-24-13-7-6-12-23(24)19-22-10-3-2-4-11-22/h2-14H,15-20H2,1H3,(H,29,34). The van der Waals surface area contributed by atoms with Crippen molar-refractivity contribution < 1.29 is 9.53 Å². The monoisotopic (exact) mass is 499 g/mol. The number of carbonyl (C=O) groups excluding carboxylic acids is 1. The number of aryl methyl sites for hydroxylation is 1. The van der Waals surface area contributed by atoms with Gasteiger partial charge in [0, 0.05) is 18.8 Å². The summed E-state index contributed by atoms with van der Waals surface area (Å²) in [5.74, 6) is 0.934. The van der Waals surface area contributed by atoms with E-state index in [1.54, 1.807) is 0 Å². The molecule has 7 nitrogen and oxygen atoms in total. The quantitative estimate of drug-likeness (QED) is 0.353. The normalized spacial score (nSPS) is 13.5. The number of morpholine rings is 1. The molecule has 1 saturated heterocycles. The topological polar surface area (TPSA) is 72.3 Å². The minimum atomic E-state index is -0.0761. The van der Waals surface area contributed by atoms with Crippen molar-refractivity contribution in [2.75, 3.05) is 42.3 Å². The number of hydrogen-bond acceptors (Lipinski definition) is 6. The summed E-state index contributed by atoms with van der Waals surface area (Å²) >= 11 is 1.39.